The van der Waals surface area contributed by atoms with E-state index in [1.54, 1.807) is 6.20 Å². The summed E-state index contributed by atoms with van der Waals surface area (Å²) in [5.74, 6) is 2.29. The topological polar surface area (TPSA) is 50.3 Å². The minimum atomic E-state index is 0. The van der Waals surface area contributed by atoms with Crippen molar-refractivity contribution in [2.75, 3.05) is 37.7 Å². The van der Waals surface area contributed by atoms with Gasteiger partial charge >= 0.3 is 0 Å². The van der Waals surface area contributed by atoms with Crippen LogP contribution in [0, 0.1) is 5.92 Å². The molecule has 1 aromatic rings. The van der Waals surface area contributed by atoms with Crippen LogP contribution in [-0.2, 0) is 0 Å². The Morgan fingerprint density at radius 2 is 1.86 bits per heavy atom. The van der Waals surface area contributed by atoms with Crippen molar-refractivity contribution in [2.45, 2.75) is 32.1 Å². The summed E-state index contributed by atoms with van der Waals surface area (Å²) in [6, 6.07) is 0. The average molecular weight is 313 g/mol. The fourth-order valence-corrected chi connectivity index (χ4v) is 2.92. The zero-order valence-electron chi connectivity index (χ0n) is 12.5. The first-order valence-corrected chi connectivity index (χ1v) is 7.82. The van der Waals surface area contributed by atoms with Crippen molar-refractivity contribution in [3.05, 3.63) is 12.4 Å². The van der Waals surface area contributed by atoms with Gasteiger partial charge in [-0.1, -0.05) is 0 Å². The maximum Gasteiger partial charge on any atom is 0.232 e. The van der Waals surface area contributed by atoms with Gasteiger partial charge in [0.25, 0.3) is 0 Å². The summed E-state index contributed by atoms with van der Waals surface area (Å²) >= 11 is 0. The lowest BCUT2D eigenvalue weighted by atomic mass is 9.99. The minimum Gasteiger partial charge on any atom is -0.476 e. The van der Waals surface area contributed by atoms with Crippen molar-refractivity contribution in [2.24, 2.45) is 5.92 Å². The van der Waals surface area contributed by atoms with Gasteiger partial charge in [-0.3, -0.25) is 0 Å². The van der Waals surface area contributed by atoms with Gasteiger partial charge in [0.2, 0.25) is 5.88 Å². The highest BCUT2D eigenvalue weighted by molar-refractivity contribution is 5.85. The Kier molecular flexibility index (Phi) is 6.51. The normalized spacial score (nSPS) is 19.9. The quantitative estimate of drug-likeness (QED) is 0.924. The van der Waals surface area contributed by atoms with Crippen LogP contribution in [0.25, 0.3) is 0 Å². The van der Waals surface area contributed by atoms with E-state index < -0.39 is 0 Å². The zero-order chi connectivity index (χ0) is 13.6. The fourth-order valence-electron chi connectivity index (χ4n) is 2.92. The molecule has 6 heteroatoms. The second-order valence-electron chi connectivity index (χ2n) is 5.76. The van der Waals surface area contributed by atoms with Gasteiger partial charge in [-0.2, -0.15) is 0 Å². The van der Waals surface area contributed by atoms with Crippen LogP contribution in [0.3, 0.4) is 0 Å². The molecule has 0 saturated carbocycles. The van der Waals surface area contributed by atoms with E-state index in [2.05, 4.69) is 20.2 Å². The highest BCUT2D eigenvalue weighted by Gasteiger charge is 2.15. The van der Waals surface area contributed by atoms with Crippen LogP contribution in [0.5, 0.6) is 5.88 Å². The van der Waals surface area contributed by atoms with Crippen LogP contribution in [-0.4, -0.2) is 42.8 Å². The summed E-state index contributed by atoms with van der Waals surface area (Å²) in [4.78, 5) is 11.2. The third-order valence-electron chi connectivity index (χ3n) is 4.22. The number of rotatable bonds is 4. The average Bonchev–Trinajstić information content (AvgIpc) is 2.55. The van der Waals surface area contributed by atoms with Gasteiger partial charge in [-0.15, -0.1) is 12.4 Å². The summed E-state index contributed by atoms with van der Waals surface area (Å²) < 4.78 is 5.77. The van der Waals surface area contributed by atoms with Crippen molar-refractivity contribution in [1.82, 2.24) is 15.3 Å². The molecule has 3 heterocycles. The van der Waals surface area contributed by atoms with Gasteiger partial charge < -0.3 is 15.0 Å². The Morgan fingerprint density at radius 1 is 1.10 bits per heavy atom. The third-order valence-corrected chi connectivity index (χ3v) is 4.22. The highest BCUT2D eigenvalue weighted by Crippen LogP contribution is 2.19. The molecule has 0 aliphatic carbocycles. The number of hydrogen-bond donors (Lipinski definition) is 1. The first kappa shape index (κ1) is 16.3. The maximum absolute atomic E-state index is 5.77. The molecule has 0 bridgehead atoms. The van der Waals surface area contributed by atoms with Crippen molar-refractivity contribution in [1.29, 1.82) is 0 Å². The molecule has 1 N–H and O–H groups in total. The smallest absolute Gasteiger partial charge is 0.232 e. The van der Waals surface area contributed by atoms with Crippen LogP contribution in [0.1, 0.15) is 32.1 Å². The number of aromatic nitrogens is 2. The van der Waals surface area contributed by atoms with E-state index in [1.807, 2.05) is 6.20 Å². The molecule has 118 valence electrons. The monoisotopic (exact) mass is 312 g/mol. The summed E-state index contributed by atoms with van der Waals surface area (Å²) in [5.41, 5.74) is 0. The standard InChI is InChI=1S/C15H24N4O.ClH/c1-2-8-19(9-3-1)14-10-18-15(11-17-14)20-12-13-4-6-16-7-5-13;/h10-11,13,16H,1-9,12H2;1H. The number of anilines is 1. The molecule has 2 saturated heterocycles. The SMILES string of the molecule is Cl.c1nc(N2CCCCC2)cnc1OCC1CCNCC1. The number of nitrogens with one attached hydrogen (secondary N) is 1. The molecule has 1 aromatic heterocycles. The molecular formula is C15H25ClN4O. The molecule has 0 spiro atoms. The van der Waals surface area contributed by atoms with Gasteiger partial charge in [-0.25, -0.2) is 9.97 Å². The second kappa shape index (κ2) is 8.39. The van der Waals surface area contributed by atoms with Gasteiger partial charge in [-0.05, 0) is 51.1 Å². The Morgan fingerprint density at radius 3 is 2.52 bits per heavy atom. The lowest BCUT2D eigenvalue weighted by molar-refractivity contribution is 0.208. The molecule has 0 aromatic carbocycles. The van der Waals surface area contributed by atoms with Crippen LogP contribution in [0.15, 0.2) is 12.4 Å². The van der Waals surface area contributed by atoms with E-state index in [4.69, 9.17) is 4.74 Å². The van der Waals surface area contributed by atoms with Crippen molar-refractivity contribution < 1.29 is 4.74 Å². The minimum absolute atomic E-state index is 0. The lowest BCUT2D eigenvalue weighted by Crippen LogP contribution is -2.31. The van der Waals surface area contributed by atoms with E-state index in [-0.39, 0.29) is 12.4 Å². The van der Waals surface area contributed by atoms with Crippen LogP contribution in [0.4, 0.5) is 5.82 Å². The zero-order valence-corrected chi connectivity index (χ0v) is 13.3. The van der Waals surface area contributed by atoms with E-state index >= 15 is 0 Å². The molecular weight excluding hydrogens is 288 g/mol. The van der Waals surface area contributed by atoms with Crippen molar-refractivity contribution in [3.8, 4) is 5.88 Å². The van der Waals surface area contributed by atoms with E-state index in [9.17, 15) is 0 Å². The Balaban J connectivity index is 0.00000161. The lowest BCUT2D eigenvalue weighted by Gasteiger charge is -2.27. The van der Waals surface area contributed by atoms with E-state index in [1.165, 1.54) is 32.1 Å². The maximum atomic E-state index is 5.77. The predicted octanol–water partition coefficient (Wildman–Crippen LogP) is 2.27. The molecule has 0 unspecified atom stereocenters. The molecule has 0 radical (unpaired) electrons. The largest absolute Gasteiger partial charge is 0.476 e. The molecule has 21 heavy (non-hydrogen) atoms. The summed E-state index contributed by atoms with van der Waals surface area (Å²) in [7, 11) is 0. The number of hydrogen-bond acceptors (Lipinski definition) is 5. The summed E-state index contributed by atoms with van der Waals surface area (Å²) in [5, 5.41) is 3.37. The van der Waals surface area contributed by atoms with Gasteiger partial charge in [0.1, 0.15) is 5.82 Å². The molecule has 2 fully saturated rings. The van der Waals surface area contributed by atoms with Crippen LogP contribution < -0.4 is 15.0 Å². The highest BCUT2D eigenvalue weighted by atomic mass is 35.5. The molecule has 3 rings (SSSR count). The molecule has 0 amide bonds. The summed E-state index contributed by atoms with van der Waals surface area (Å²) in [6.45, 7) is 5.18. The van der Waals surface area contributed by atoms with E-state index in [0.29, 0.717) is 11.8 Å². The summed E-state index contributed by atoms with van der Waals surface area (Å²) in [6.07, 6.45) is 9.86. The van der Waals surface area contributed by atoms with Gasteiger partial charge in [0.05, 0.1) is 19.0 Å². The van der Waals surface area contributed by atoms with Gasteiger partial charge in [0, 0.05) is 13.1 Å². The van der Waals surface area contributed by atoms with E-state index in [0.717, 1.165) is 38.6 Å². The third kappa shape index (κ3) is 4.71. The van der Waals surface area contributed by atoms with Crippen molar-refractivity contribution in [3.63, 3.8) is 0 Å². The van der Waals surface area contributed by atoms with Crippen LogP contribution >= 0.6 is 12.4 Å². The second-order valence-corrected chi connectivity index (χ2v) is 5.76. The fraction of sp³-hybridized carbons (Fsp3) is 0.733. The predicted molar refractivity (Wildman–Crippen MR) is 86.4 cm³/mol. The van der Waals surface area contributed by atoms with Crippen LogP contribution in [0.2, 0.25) is 0 Å². The molecule has 0 atom stereocenters. The first-order chi connectivity index (χ1) is 9.92. The Bertz CT molecular complexity index is 403. The number of piperidine rings is 2. The van der Waals surface area contributed by atoms with Crippen molar-refractivity contribution >= 4 is 18.2 Å². The first-order valence-electron chi connectivity index (χ1n) is 7.82. The number of halogens is 1. The Labute approximate surface area is 132 Å². The molecule has 2 aliphatic rings. The molecule has 5 nitrogen and oxygen atoms in total. The number of nitrogens with zero attached hydrogens (tertiary/aromatic N) is 3. The number of ether oxygens (including phenoxy) is 1. The van der Waals surface area contributed by atoms with Gasteiger partial charge in [0.15, 0.2) is 0 Å². The Hall–Kier alpha value is -1.07. The molecule has 2 aliphatic heterocycles.